The van der Waals surface area contributed by atoms with E-state index in [2.05, 4.69) is 26.1 Å². The van der Waals surface area contributed by atoms with Crippen molar-refractivity contribution in [3.05, 3.63) is 27.9 Å². The lowest BCUT2D eigenvalue weighted by molar-refractivity contribution is -0.391. The van der Waals surface area contributed by atoms with Crippen molar-refractivity contribution in [2.24, 2.45) is 12.5 Å². The second-order valence-electron chi connectivity index (χ2n) is 5.96. The molecule has 1 aromatic heterocycles. The summed E-state index contributed by atoms with van der Waals surface area (Å²) in [5.74, 6) is -0.479. The molecule has 0 saturated carbocycles. The highest BCUT2D eigenvalue weighted by Crippen LogP contribution is 2.23. The van der Waals surface area contributed by atoms with E-state index in [1.54, 1.807) is 0 Å². The summed E-state index contributed by atoms with van der Waals surface area (Å²) in [6, 6.07) is 2.74. The van der Waals surface area contributed by atoms with E-state index in [0.29, 0.717) is 6.54 Å². The maximum Gasteiger partial charge on any atom is 0.323 e. The van der Waals surface area contributed by atoms with Crippen molar-refractivity contribution >= 4 is 23.3 Å². The maximum atomic E-state index is 12.0. The Hall–Kier alpha value is -1.56. The van der Waals surface area contributed by atoms with Crippen molar-refractivity contribution in [1.29, 1.82) is 0 Å². The van der Waals surface area contributed by atoms with Crippen molar-refractivity contribution in [3.63, 3.8) is 0 Å². The Morgan fingerprint density at radius 3 is 2.55 bits per heavy atom. The number of aromatic nitrogens is 1. The van der Waals surface area contributed by atoms with Gasteiger partial charge in [0, 0.05) is 12.6 Å². The Balaban J connectivity index is 2.62. The molecule has 0 fully saturated rings. The minimum atomic E-state index is -0.527. The zero-order chi connectivity index (χ0) is 15.5. The van der Waals surface area contributed by atoms with E-state index >= 15 is 0 Å². The highest BCUT2D eigenvalue weighted by Gasteiger charge is 2.22. The van der Waals surface area contributed by atoms with E-state index in [4.69, 9.17) is 11.6 Å². The number of hydrogen-bond acceptors (Lipinski definition) is 3. The zero-order valence-corrected chi connectivity index (χ0v) is 12.9. The number of carbonyl (C=O) groups is 1. The molecule has 0 bridgehead atoms. The van der Waals surface area contributed by atoms with E-state index in [1.165, 1.54) is 23.7 Å². The Morgan fingerprint density at radius 2 is 2.10 bits per heavy atom. The van der Waals surface area contributed by atoms with Crippen molar-refractivity contribution in [2.75, 3.05) is 6.54 Å². The SMILES string of the molecule is Cn1c(C(=O)NCC(Cl)CC(C)(C)C)ccc1[N+](=O)[O-]. The van der Waals surface area contributed by atoms with Crippen molar-refractivity contribution in [1.82, 2.24) is 9.88 Å². The first-order valence-corrected chi connectivity index (χ1v) is 6.78. The van der Waals surface area contributed by atoms with Gasteiger partial charge in [-0.25, -0.2) is 4.57 Å². The van der Waals surface area contributed by atoms with Crippen molar-refractivity contribution < 1.29 is 9.72 Å². The summed E-state index contributed by atoms with van der Waals surface area (Å²) in [7, 11) is 1.49. The molecule has 1 N–H and O–H groups in total. The molecule has 0 aliphatic carbocycles. The third-order valence-electron chi connectivity index (χ3n) is 2.83. The first-order valence-electron chi connectivity index (χ1n) is 6.34. The van der Waals surface area contributed by atoms with Crippen LogP contribution in [0, 0.1) is 15.5 Å². The Labute approximate surface area is 123 Å². The summed E-state index contributed by atoms with van der Waals surface area (Å²) in [6.07, 6.45) is 0.766. The third kappa shape index (κ3) is 4.52. The van der Waals surface area contributed by atoms with Gasteiger partial charge >= 0.3 is 5.82 Å². The van der Waals surface area contributed by atoms with Gasteiger partial charge in [0.1, 0.15) is 0 Å². The molecule has 112 valence electrons. The first-order chi connectivity index (χ1) is 9.11. The predicted octanol–water partition coefficient (Wildman–Crippen LogP) is 2.71. The van der Waals surface area contributed by atoms with Crippen LogP contribution in [0.4, 0.5) is 5.82 Å². The van der Waals surface area contributed by atoms with Gasteiger partial charge in [0.15, 0.2) is 5.69 Å². The summed E-state index contributed by atoms with van der Waals surface area (Å²) in [4.78, 5) is 22.1. The Kier molecular flexibility index (Phi) is 5.16. The fourth-order valence-corrected chi connectivity index (χ4v) is 2.48. The van der Waals surface area contributed by atoms with Gasteiger partial charge in [0.2, 0.25) is 0 Å². The molecule has 1 aromatic rings. The molecule has 0 aromatic carbocycles. The average molecular weight is 302 g/mol. The van der Waals surface area contributed by atoms with Crippen LogP contribution in [0.25, 0.3) is 0 Å². The van der Waals surface area contributed by atoms with Crippen molar-refractivity contribution in [2.45, 2.75) is 32.6 Å². The van der Waals surface area contributed by atoms with Crippen LogP contribution in [0.1, 0.15) is 37.7 Å². The maximum absolute atomic E-state index is 12.0. The van der Waals surface area contributed by atoms with Crippen LogP contribution in [0.2, 0.25) is 0 Å². The number of halogens is 1. The summed E-state index contributed by atoms with van der Waals surface area (Å²) in [6.45, 7) is 6.55. The lowest BCUT2D eigenvalue weighted by Crippen LogP contribution is -2.32. The van der Waals surface area contributed by atoms with E-state index < -0.39 is 4.92 Å². The largest absolute Gasteiger partial charge is 0.358 e. The molecule has 7 heteroatoms. The van der Waals surface area contributed by atoms with E-state index in [1.807, 2.05) is 0 Å². The quantitative estimate of drug-likeness (QED) is 0.516. The number of alkyl halides is 1. The standard InChI is InChI=1S/C13H20ClN3O3/c1-13(2,3)7-9(14)8-15-12(18)10-5-6-11(16(10)4)17(19)20/h5-6,9H,7-8H2,1-4H3,(H,15,18). The first kappa shape index (κ1) is 16.5. The predicted molar refractivity (Wildman–Crippen MR) is 78.1 cm³/mol. The molecular formula is C13H20ClN3O3. The summed E-state index contributed by atoms with van der Waals surface area (Å²) in [5.41, 5.74) is 0.331. The fraction of sp³-hybridized carbons (Fsp3) is 0.615. The topological polar surface area (TPSA) is 77.2 Å². The molecule has 0 saturated heterocycles. The second-order valence-corrected chi connectivity index (χ2v) is 6.58. The minimum Gasteiger partial charge on any atom is -0.358 e. The van der Waals surface area contributed by atoms with Crippen molar-refractivity contribution in [3.8, 4) is 0 Å². The van der Waals surface area contributed by atoms with Crippen LogP contribution in [-0.4, -0.2) is 27.3 Å². The molecular weight excluding hydrogens is 282 g/mol. The van der Waals surface area contributed by atoms with E-state index in [9.17, 15) is 14.9 Å². The molecule has 0 radical (unpaired) electrons. The zero-order valence-electron chi connectivity index (χ0n) is 12.1. The molecule has 0 aliphatic heterocycles. The van der Waals surface area contributed by atoms with Gasteiger partial charge in [-0.2, -0.15) is 0 Å². The normalized spacial score (nSPS) is 13.1. The molecule has 0 spiro atoms. The number of nitro groups is 1. The third-order valence-corrected chi connectivity index (χ3v) is 3.14. The van der Waals surface area contributed by atoms with Gasteiger partial charge in [-0.05, 0) is 22.8 Å². The van der Waals surface area contributed by atoms with Crippen LogP contribution in [-0.2, 0) is 7.05 Å². The minimum absolute atomic E-state index is 0.0842. The smallest absolute Gasteiger partial charge is 0.323 e. The Bertz CT molecular complexity index is 505. The highest BCUT2D eigenvalue weighted by atomic mass is 35.5. The summed E-state index contributed by atoms with van der Waals surface area (Å²) >= 11 is 6.16. The summed E-state index contributed by atoms with van der Waals surface area (Å²) < 4.78 is 1.25. The van der Waals surface area contributed by atoms with Crippen LogP contribution in [0.5, 0.6) is 0 Å². The van der Waals surface area contributed by atoms with Gasteiger partial charge < -0.3 is 15.4 Å². The van der Waals surface area contributed by atoms with Gasteiger partial charge in [0.05, 0.1) is 12.4 Å². The van der Waals surface area contributed by atoms with Gasteiger partial charge in [-0.15, -0.1) is 11.6 Å². The molecule has 1 unspecified atom stereocenters. The summed E-state index contributed by atoms with van der Waals surface area (Å²) in [5, 5.41) is 13.2. The number of carbonyl (C=O) groups excluding carboxylic acids is 1. The van der Waals surface area contributed by atoms with Gasteiger partial charge in [-0.1, -0.05) is 20.8 Å². The molecule has 20 heavy (non-hydrogen) atoms. The monoisotopic (exact) mass is 301 g/mol. The number of amides is 1. The van der Waals surface area contributed by atoms with Crippen LogP contribution < -0.4 is 5.32 Å². The number of hydrogen-bond donors (Lipinski definition) is 1. The molecule has 0 aliphatic rings. The fourth-order valence-electron chi connectivity index (χ4n) is 1.94. The lowest BCUT2D eigenvalue weighted by Gasteiger charge is -2.21. The van der Waals surface area contributed by atoms with E-state index in [-0.39, 0.29) is 28.2 Å². The molecule has 1 atom stereocenters. The van der Waals surface area contributed by atoms with Crippen LogP contribution >= 0.6 is 11.6 Å². The highest BCUT2D eigenvalue weighted by molar-refractivity contribution is 6.21. The number of nitrogens with zero attached hydrogens (tertiary/aromatic N) is 2. The molecule has 6 nitrogen and oxygen atoms in total. The van der Waals surface area contributed by atoms with Crippen LogP contribution in [0.3, 0.4) is 0 Å². The number of nitrogens with one attached hydrogen (secondary N) is 1. The number of rotatable bonds is 5. The van der Waals surface area contributed by atoms with Gasteiger partial charge in [0.25, 0.3) is 5.91 Å². The van der Waals surface area contributed by atoms with E-state index in [0.717, 1.165) is 6.42 Å². The molecule has 1 heterocycles. The Morgan fingerprint density at radius 1 is 1.50 bits per heavy atom. The molecule has 1 rings (SSSR count). The van der Waals surface area contributed by atoms with Gasteiger partial charge in [-0.3, -0.25) is 4.79 Å². The van der Waals surface area contributed by atoms with Crippen LogP contribution in [0.15, 0.2) is 12.1 Å². The molecule has 1 amide bonds. The lowest BCUT2D eigenvalue weighted by atomic mass is 9.90. The average Bonchev–Trinajstić information content (AvgIpc) is 2.65. The second kappa shape index (κ2) is 6.26.